The number of likely N-dealkylation sites (tertiary alicyclic amines) is 2. The van der Waals surface area contributed by atoms with Gasteiger partial charge >= 0.3 is 12.1 Å². The third-order valence-corrected chi connectivity index (χ3v) is 15.8. The SMILES string of the molecule is COC(=O)C[C@H](C(=O)N1C2C(C[C@H]1c1nc(-c3ccc4cc(-c5ccc(-c6cnc([C@@H]7CC8C(C)C8N7C(=O)[C@@H](NC(=O)OC)C(C)C)[nH]6)cc5)ccc4c3)c(Cl)[nH]1)[C@H]2C)C1CCOCC1. The lowest BCUT2D eigenvalue weighted by Crippen LogP contribution is -2.52. The van der Waals surface area contributed by atoms with E-state index in [-0.39, 0.29) is 60.2 Å². The van der Waals surface area contributed by atoms with E-state index in [1.807, 2.05) is 35.9 Å². The van der Waals surface area contributed by atoms with Crippen molar-refractivity contribution in [2.75, 3.05) is 27.4 Å². The van der Waals surface area contributed by atoms with Gasteiger partial charge in [-0.05, 0) is 101 Å². The van der Waals surface area contributed by atoms with Crippen molar-refractivity contribution in [1.82, 2.24) is 35.1 Å². The number of rotatable bonds is 12. The molecule has 15 heteroatoms. The number of esters is 1. The van der Waals surface area contributed by atoms with Gasteiger partial charge in [0.1, 0.15) is 28.5 Å². The van der Waals surface area contributed by atoms with Crippen LogP contribution in [0, 0.1) is 41.4 Å². The molecule has 14 nitrogen and oxygen atoms in total. The molecule has 3 N–H and O–H groups in total. The van der Waals surface area contributed by atoms with E-state index in [1.54, 1.807) is 0 Å². The van der Waals surface area contributed by atoms with Crippen LogP contribution in [0.15, 0.2) is 66.9 Å². The molecule has 5 unspecified atom stereocenters. The monoisotopic (exact) mass is 915 g/mol. The van der Waals surface area contributed by atoms with E-state index < -0.39 is 18.1 Å². The number of hydrogen-bond donors (Lipinski definition) is 3. The normalized spacial score (nSPS) is 26.5. The molecule has 3 aliphatic heterocycles. The van der Waals surface area contributed by atoms with Crippen molar-refractivity contribution >= 4 is 46.3 Å². The smallest absolute Gasteiger partial charge is 0.407 e. The number of alkyl carbamates (subject to hydrolysis) is 1. The predicted molar refractivity (Wildman–Crippen MR) is 249 cm³/mol. The molecule has 66 heavy (non-hydrogen) atoms. The molecule has 0 radical (unpaired) electrons. The Morgan fingerprint density at radius 3 is 2.02 bits per heavy atom. The highest BCUT2D eigenvalue weighted by atomic mass is 35.5. The van der Waals surface area contributed by atoms with Gasteiger partial charge in [0.25, 0.3) is 0 Å². The summed E-state index contributed by atoms with van der Waals surface area (Å²) in [5.74, 6) is 1.99. The van der Waals surface area contributed by atoms with Crippen LogP contribution >= 0.6 is 11.6 Å². The van der Waals surface area contributed by atoms with Crippen LogP contribution in [-0.2, 0) is 28.6 Å². The highest BCUT2D eigenvalue weighted by Crippen LogP contribution is 2.59. The van der Waals surface area contributed by atoms with Gasteiger partial charge < -0.3 is 39.3 Å². The second kappa shape index (κ2) is 17.5. The van der Waals surface area contributed by atoms with E-state index in [9.17, 15) is 19.2 Å². The molecule has 10 rings (SSSR count). The van der Waals surface area contributed by atoms with Gasteiger partial charge in [0.05, 0.1) is 50.5 Å². The molecule has 5 aliphatic rings. The molecule has 5 heterocycles. The van der Waals surface area contributed by atoms with Crippen molar-refractivity contribution in [3.63, 3.8) is 0 Å². The minimum Gasteiger partial charge on any atom is -0.469 e. The summed E-state index contributed by atoms with van der Waals surface area (Å²) in [7, 11) is 2.68. The molecule has 5 aromatic rings. The topological polar surface area (TPSA) is 172 Å². The first-order chi connectivity index (χ1) is 31.8. The molecule has 0 spiro atoms. The lowest BCUT2D eigenvalue weighted by Gasteiger charge is -2.35. The number of benzene rings is 3. The summed E-state index contributed by atoms with van der Waals surface area (Å²) >= 11 is 6.92. The first kappa shape index (κ1) is 44.1. The Bertz CT molecular complexity index is 2670. The number of aromatic nitrogens is 4. The third-order valence-electron chi connectivity index (χ3n) is 15.5. The van der Waals surface area contributed by atoms with Gasteiger partial charge in [0.15, 0.2) is 0 Å². The van der Waals surface area contributed by atoms with Gasteiger partial charge in [0.2, 0.25) is 11.8 Å². The Hall–Kier alpha value is -5.73. The maximum absolute atomic E-state index is 14.5. The number of hydrogen-bond acceptors (Lipinski definition) is 9. The van der Waals surface area contributed by atoms with Crippen LogP contribution in [0.5, 0.6) is 0 Å². The van der Waals surface area contributed by atoms with Crippen molar-refractivity contribution < 1.29 is 33.4 Å². The zero-order chi connectivity index (χ0) is 46.1. The first-order valence-corrected chi connectivity index (χ1v) is 23.8. The van der Waals surface area contributed by atoms with Gasteiger partial charge in [-0.1, -0.05) is 87.8 Å². The highest BCUT2D eigenvalue weighted by molar-refractivity contribution is 6.32. The average molecular weight is 917 g/mol. The standard InChI is InChI=1S/C51H58ClN7O7/c1-25(2)42(56-51(63)65-6)50(62)59-39(21-35-27(4)45(35)59)47-53-24-38(54-47)30-9-7-28(8-10-30)31-11-12-33-20-34(14-13-32(33)19-31)43-46(52)57-48(55-43)40-22-36-26(3)44(36)58(40)49(61)37(23-41(60)64-5)29-15-17-66-18-16-29/h7-14,19-20,24-27,29,35-37,39-40,42,44-45H,15-18,21-23H2,1-6H3,(H,53,54)(H,55,57)(H,56,63)/t26-,27?,35?,36?,37+,39+,40+,42+,44?,45?/m1/s1. The number of carbonyl (C=O) groups excluding carboxylic acids is 4. The van der Waals surface area contributed by atoms with E-state index in [0.29, 0.717) is 53.6 Å². The van der Waals surface area contributed by atoms with Crippen LogP contribution in [0.3, 0.4) is 0 Å². The number of nitrogens with zero attached hydrogens (tertiary/aromatic N) is 4. The van der Waals surface area contributed by atoms with E-state index in [4.69, 9.17) is 35.8 Å². The Labute approximate surface area is 389 Å². The summed E-state index contributed by atoms with van der Waals surface area (Å²) in [5.41, 5.74) is 5.51. The van der Waals surface area contributed by atoms with Gasteiger partial charge in [-0.25, -0.2) is 14.8 Å². The Balaban J connectivity index is 0.841. The largest absolute Gasteiger partial charge is 0.469 e. The van der Waals surface area contributed by atoms with E-state index in [1.165, 1.54) is 14.2 Å². The molecule has 10 atom stereocenters. The zero-order valence-corrected chi connectivity index (χ0v) is 39.0. The molecule has 2 aliphatic carbocycles. The van der Waals surface area contributed by atoms with Crippen molar-refractivity contribution in [3.05, 3.63) is 83.7 Å². The molecule has 2 saturated carbocycles. The number of fused-ring (bicyclic) bond motifs is 3. The van der Waals surface area contributed by atoms with Gasteiger partial charge in [0, 0.05) is 30.9 Å². The number of halogens is 1. The van der Waals surface area contributed by atoms with E-state index in [0.717, 1.165) is 70.2 Å². The maximum atomic E-state index is 14.5. The summed E-state index contributed by atoms with van der Waals surface area (Å²) in [6.45, 7) is 9.39. The molecular weight excluding hydrogens is 858 g/mol. The molecule has 5 fully saturated rings. The van der Waals surface area contributed by atoms with Crippen LogP contribution in [-0.4, -0.2) is 99.2 Å². The minimum absolute atomic E-state index is 0.00512. The number of piperidine rings is 2. The zero-order valence-electron chi connectivity index (χ0n) is 38.3. The minimum atomic E-state index is -0.695. The number of nitrogens with one attached hydrogen (secondary N) is 3. The van der Waals surface area contributed by atoms with E-state index in [2.05, 4.69) is 83.7 Å². The number of aromatic amines is 2. The maximum Gasteiger partial charge on any atom is 0.407 e. The van der Waals surface area contributed by atoms with Crippen LogP contribution < -0.4 is 5.32 Å². The number of amides is 3. The number of methoxy groups -OCH3 is 2. The van der Waals surface area contributed by atoms with E-state index >= 15 is 0 Å². The first-order valence-electron chi connectivity index (χ1n) is 23.4. The molecule has 2 aromatic heterocycles. The molecule has 0 bridgehead atoms. The average Bonchev–Trinajstić information content (AvgIpc) is 3.77. The number of carbonyl (C=O) groups is 4. The fourth-order valence-corrected chi connectivity index (χ4v) is 11.8. The summed E-state index contributed by atoms with van der Waals surface area (Å²) < 4.78 is 15.5. The lowest BCUT2D eigenvalue weighted by atomic mass is 9.82. The summed E-state index contributed by atoms with van der Waals surface area (Å²) in [6, 6.07) is 20.1. The van der Waals surface area contributed by atoms with Gasteiger partial charge in [-0.15, -0.1) is 0 Å². The summed E-state index contributed by atoms with van der Waals surface area (Å²) in [4.78, 5) is 73.9. The number of imidazole rings is 2. The fraction of sp³-hybridized carbons (Fsp3) is 0.490. The van der Waals surface area contributed by atoms with Gasteiger partial charge in [-0.3, -0.25) is 14.4 Å². The van der Waals surface area contributed by atoms with Crippen LogP contribution in [0.1, 0.15) is 83.5 Å². The quantitative estimate of drug-likeness (QED) is 0.104. The van der Waals surface area contributed by atoms with Crippen LogP contribution in [0.2, 0.25) is 5.15 Å². The summed E-state index contributed by atoms with van der Waals surface area (Å²) in [5, 5.41) is 5.30. The second-order valence-electron chi connectivity index (χ2n) is 19.5. The Morgan fingerprint density at radius 1 is 0.788 bits per heavy atom. The highest BCUT2D eigenvalue weighted by Gasteiger charge is 2.63. The summed E-state index contributed by atoms with van der Waals surface area (Å²) in [6.07, 6.45) is 4.37. The lowest BCUT2D eigenvalue weighted by molar-refractivity contribution is -0.150. The predicted octanol–water partition coefficient (Wildman–Crippen LogP) is 8.74. The molecule has 346 valence electrons. The molecule has 3 aromatic carbocycles. The second-order valence-corrected chi connectivity index (χ2v) is 19.9. The number of ether oxygens (including phenoxy) is 3. The van der Waals surface area contributed by atoms with Crippen molar-refractivity contribution in [3.8, 4) is 33.6 Å². The Kier molecular flexibility index (Phi) is 11.7. The van der Waals surface area contributed by atoms with Crippen LogP contribution in [0.4, 0.5) is 4.79 Å². The fourth-order valence-electron chi connectivity index (χ4n) is 11.6. The van der Waals surface area contributed by atoms with Crippen molar-refractivity contribution in [2.24, 2.45) is 41.4 Å². The number of H-pyrrole nitrogens is 2. The van der Waals surface area contributed by atoms with Gasteiger partial charge in [-0.2, -0.15) is 0 Å². The third kappa shape index (κ3) is 7.93. The molecule has 3 saturated heterocycles. The Morgan fingerprint density at radius 2 is 1.38 bits per heavy atom. The van der Waals surface area contributed by atoms with Crippen LogP contribution in [0.25, 0.3) is 44.4 Å². The molecule has 3 amide bonds. The molecular formula is C51H58ClN7O7. The van der Waals surface area contributed by atoms with Crippen molar-refractivity contribution in [1.29, 1.82) is 0 Å². The van der Waals surface area contributed by atoms with Crippen molar-refractivity contribution in [2.45, 2.75) is 90.0 Å².